The summed E-state index contributed by atoms with van der Waals surface area (Å²) in [4.78, 5) is 23.2. The summed E-state index contributed by atoms with van der Waals surface area (Å²) in [6.07, 6.45) is 0. The highest BCUT2D eigenvalue weighted by atomic mass is 35.5. The van der Waals surface area contributed by atoms with Gasteiger partial charge in [-0.2, -0.15) is 0 Å². The largest absolute Gasteiger partial charge is 0.361 e. The summed E-state index contributed by atoms with van der Waals surface area (Å²) in [6, 6.07) is 0. The molecule has 4 nitrogen and oxygen atoms in total. The number of primary amides is 1. The van der Waals surface area contributed by atoms with E-state index in [1.165, 1.54) is 4.90 Å². The highest BCUT2D eigenvalue weighted by Gasteiger charge is 2.21. The molecule has 0 radical (unpaired) electrons. The van der Waals surface area contributed by atoms with Crippen LogP contribution >= 0.6 is 23.2 Å². The summed E-state index contributed by atoms with van der Waals surface area (Å²) in [5, 5.41) is -0.484. The van der Waals surface area contributed by atoms with E-state index in [4.69, 9.17) is 28.9 Å². The Hall–Kier alpha value is -0.480. The predicted molar refractivity (Wildman–Crippen MR) is 56.4 cm³/mol. The van der Waals surface area contributed by atoms with Crippen LogP contribution in [0.15, 0.2) is 0 Å². The van der Waals surface area contributed by atoms with E-state index < -0.39 is 11.8 Å². The minimum absolute atomic E-state index is 0.242. The van der Waals surface area contributed by atoms with Gasteiger partial charge in [-0.3, -0.25) is 9.59 Å². The van der Waals surface area contributed by atoms with Gasteiger partial charge in [0.1, 0.15) is 0 Å². The van der Waals surface area contributed by atoms with Crippen LogP contribution in [0.5, 0.6) is 0 Å². The fraction of sp³-hybridized carbons (Fsp3) is 0.750. The van der Waals surface area contributed by atoms with Gasteiger partial charge in [0.2, 0.25) is 0 Å². The van der Waals surface area contributed by atoms with E-state index in [9.17, 15) is 9.59 Å². The zero-order valence-corrected chi connectivity index (χ0v) is 9.68. The molecule has 0 aliphatic carbocycles. The van der Waals surface area contributed by atoms with Gasteiger partial charge in [0.15, 0.2) is 0 Å². The van der Waals surface area contributed by atoms with E-state index in [0.717, 1.165) is 0 Å². The molecule has 0 aromatic carbocycles. The standard InChI is InChI=1S/C8H14Cl2N2O2/c1-5(9)3-12(4-6(2)10)8(14)7(11)13/h5-6H,3-4H2,1-2H3,(H2,11,13). The van der Waals surface area contributed by atoms with Crippen molar-refractivity contribution in [2.45, 2.75) is 24.6 Å². The Morgan fingerprint density at radius 1 is 1.21 bits per heavy atom. The van der Waals surface area contributed by atoms with Crippen molar-refractivity contribution in [1.82, 2.24) is 4.90 Å². The lowest BCUT2D eigenvalue weighted by Gasteiger charge is -2.23. The first-order valence-corrected chi connectivity index (χ1v) is 5.08. The average molecular weight is 241 g/mol. The second-order valence-corrected chi connectivity index (χ2v) is 4.63. The van der Waals surface area contributed by atoms with Gasteiger partial charge >= 0.3 is 11.8 Å². The lowest BCUT2D eigenvalue weighted by Crippen LogP contribution is -2.44. The first kappa shape index (κ1) is 13.5. The van der Waals surface area contributed by atoms with E-state index in [-0.39, 0.29) is 23.8 Å². The van der Waals surface area contributed by atoms with Crippen LogP contribution in [-0.4, -0.2) is 40.6 Å². The van der Waals surface area contributed by atoms with Crippen molar-refractivity contribution in [3.8, 4) is 0 Å². The molecule has 0 fully saturated rings. The topological polar surface area (TPSA) is 63.4 Å². The Balaban J connectivity index is 4.38. The van der Waals surface area contributed by atoms with E-state index in [1.807, 2.05) is 0 Å². The lowest BCUT2D eigenvalue weighted by molar-refractivity contribution is -0.144. The number of hydrogen-bond acceptors (Lipinski definition) is 2. The van der Waals surface area contributed by atoms with Gasteiger partial charge in [-0.25, -0.2) is 0 Å². The number of halogens is 2. The molecule has 6 heteroatoms. The third-order valence-electron chi connectivity index (χ3n) is 1.44. The molecule has 82 valence electrons. The fourth-order valence-corrected chi connectivity index (χ4v) is 1.34. The maximum Gasteiger partial charge on any atom is 0.311 e. The van der Waals surface area contributed by atoms with Crippen molar-refractivity contribution < 1.29 is 9.59 Å². The van der Waals surface area contributed by atoms with Gasteiger partial charge in [0, 0.05) is 23.8 Å². The van der Waals surface area contributed by atoms with Crippen LogP contribution in [0.2, 0.25) is 0 Å². The molecule has 2 N–H and O–H groups in total. The Kier molecular flexibility index (Phi) is 5.88. The number of alkyl halides is 2. The van der Waals surface area contributed by atoms with Crippen molar-refractivity contribution in [2.24, 2.45) is 5.73 Å². The summed E-state index contributed by atoms with van der Waals surface area (Å²) < 4.78 is 0. The minimum atomic E-state index is -0.986. The number of hydrogen-bond donors (Lipinski definition) is 1. The maximum atomic E-state index is 11.2. The molecular formula is C8H14Cl2N2O2. The van der Waals surface area contributed by atoms with Crippen LogP contribution in [-0.2, 0) is 9.59 Å². The molecule has 14 heavy (non-hydrogen) atoms. The third kappa shape index (κ3) is 5.29. The molecule has 0 aromatic heterocycles. The third-order valence-corrected chi connectivity index (χ3v) is 1.72. The Bertz CT molecular complexity index is 209. The smallest absolute Gasteiger partial charge is 0.311 e. The monoisotopic (exact) mass is 240 g/mol. The van der Waals surface area contributed by atoms with E-state index in [1.54, 1.807) is 13.8 Å². The quantitative estimate of drug-likeness (QED) is 0.577. The van der Waals surface area contributed by atoms with Crippen molar-refractivity contribution >= 4 is 35.0 Å². The van der Waals surface area contributed by atoms with Gasteiger partial charge < -0.3 is 10.6 Å². The Morgan fingerprint density at radius 3 is 1.79 bits per heavy atom. The number of nitrogens with two attached hydrogens (primary N) is 1. The SMILES string of the molecule is CC(Cl)CN(CC(C)Cl)C(=O)C(N)=O. The number of carbonyl (C=O) groups is 2. The van der Waals surface area contributed by atoms with Crippen molar-refractivity contribution in [3.63, 3.8) is 0 Å². The van der Waals surface area contributed by atoms with Gasteiger partial charge in [0.25, 0.3) is 0 Å². The van der Waals surface area contributed by atoms with E-state index >= 15 is 0 Å². The minimum Gasteiger partial charge on any atom is -0.361 e. The first-order chi connectivity index (χ1) is 6.34. The molecule has 0 aromatic rings. The molecule has 0 saturated carbocycles. The maximum absolute atomic E-state index is 11.2. The molecule has 0 heterocycles. The average Bonchev–Trinajstić information content (AvgIpc) is 1.99. The van der Waals surface area contributed by atoms with Crippen LogP contribution in [0.25, 0.3) is 0 Å². The molecule has 0 saturated heterocycles. The molecule has 2 unspecified atom stereocenters. The molecule has 0 aliphatic heterocycles. The van der Waals surface area contributed by atoms with Crippen LogP contribution in [0.3, 0.4) is 0 Å². The van der Waals surface area contributed by atoms with Crippen molar-refractivity contribution in [2.75, 3.05) is 13.1 Å². The second-order valence-electron chi connectivity index (χ2n) is 3.14. The van der Waals surface area contributed by atoms with Gasteiger partial charge in [0.05, 0.1) is 0 Å². The fourth-order valence-electron chi connectivity index (χ4n) is 1.00. The van der Waals surface area contributed by atoms with E-state index in [2.05, 4.69) is 0 Å². The molecular weight excluding hydrogens is 227 g/mol. The Labute approximate surface area is 93.3 Å². The van der Waals surface area contributed by atoms with Gasteiger partial charge in [-0.1, -0.05) is 0 Å². The molecule has 2 amide bonds. The summed E-state index contributed by atoms with van der Waals surface area (Å²) >= 11 is 11.4. The summed E-state index contributed by atoms with van der Waals surface area (Å²) in [5.74, 6) is -1.73. The zero-order valence-electron chi connectivity index (χ0n) is 8.17. The van der Waals surface area contributed by atoms with Crippen LogP contribution < -0.4 is 5.73 Å². The number of nitrogens with zero attached hydrogens (tertiary/aromatic N) is 1. The van der Waals surface area contributed by atoms with E-state index in [0.29, 0.717) is 0 Å². The zero-order chi connectivity index (χ0) is 11.3. The predicted octanol–water partition coefficient (Wildman–Crippen LogP) is 0.555. The van der Waals surface area contributed by atoms with Crippen LogP contribution in [0, 0.1) is 0 Å². The highest BCUT2D eigenvalue weighted by molar-refractivity contribution is 6.34. The molecule has 0 rings (SSSR count). The number of carbonyl (C=O) groups excluding carboxylic acids is 2. The van der Waals surface area contributed by atoms with Crippen molar-refractivity contribution in [3.05, 3.63) is 0 Å². The van der Waals surface area contributed by atoms with Crippen LogP contribution in [0.4, 0.5) is 0 Å². The summed E-state index contributed by atoms with van der Waals surface area (Å²) in [7, 11) is 0. The molecule has 0 bridgehead atoms. The number of rotatable bonds is 4. The Morgan fingerprint density at radius 2 is 1.57 bits per heavy atom. The van der Waals surface area contributed by atoms with Crippen molar-refractivity contribution in [1.29, 1.82) is 0 Å². The first-order valence-electron chi connectivity index (χ1n) is 4.21. The normalized spacial score (nSPS) is 14.6. The highest BCUT2D eigenvalue weighted by Crippen LogP contribution is 2.04. The summed E-state index contributed by atoms with van der Waals surface area (Å²) in [5.41, 5.74) is 4.87. The van der Waals surface area contributed by atoms with Gasteiger partial charge in [-0.15, -0.1) is 23.2 Å². The van der Waals surface area contributed by atoms with Crippen LogP contribution in [0.1, 0.15) is 13.8 Å². The lowest BCUT2D eigenvalue weighted by atomic mass is 10.3. The summed E-state index contributed by atoms with van der Waals surface area (Å²) in [6.45, 7) is 3.98. The number of amides is 2. The molecule has 0 spiro atoms. The molecule has 2 atom stereocenters. The van der Waals surface area contributed by atoms with Gasteiger partial charge in [-0.05, 0) is 13.8 Å². The molecule has 0 aliphatic rings. The second kappa shape index (κ2) is 6.09.